The molecule has 0 spiro atoms. The predicted octanol–water partition coefficient (Wildman–Crippen LogP) is 2.39. The number of halogens is 2. The van der Waals surface area contributed by atoms with Crippen molar-refractivity contribution in [1.82, 2.24) is 9.78 Å². The minimum atomic E-state index is -0.425. The zero-order chi connectivity index (χ0) is 18.0. The van der Waals surface area contributed by atoms with Gasteiger partial charge in [-0.2, -0.15) is 5.10 Å². The molecule has 1 aromatic heterocycles. The molecular formula is C18H15ClFN3O3. The van der Waals surface area contributed by atoms with Crippen molar-refractivity contribution in [3.63, 3.8) is 0 Å². The maximum absolute atomic E-state index is 14.0. The molecule has 0 saturated carbocycles. The summed E-state index contributed by atoms with van der Waals surface area (Å²) in [6, 6.07) is 6.06. The number of ether oxygens (including phenoxy) is 1. The van der Waals surface area contributed by atoms with Crippen molar-refractivity contribution in [2.75, 3.05) is 4.90 Å². The summed E-state index contributed by atoms with van der Waals surface area (Å²) in [5.41, 5.74) is 0.311. The number of carbonyl (C=O) groups excluding carboxylic acids is 2. The SMILES string of the molecule is O=C1[C@@H]2[C@H](C(=O)N1c1ccn(Cc3c(F)cccc3Cl)n1)[C@@H]1CC[C@@H]2O1. The van der Waals surface area contributed by atoms with E-state index in [0.29, 0.717) is 10.6 Å². The summed E-state index contributed by atoms with van der Waals surface area (Å²) in [6.45, 7) is 0.114. The van der Waals surface area contributed by atoms with Crippen molar-refractivity contribution in [2.24, 2.45) is 11.8 Å². The molecule has 26 heavy (non-hydrogen) atoms. The van der Waals surface area contributed by atoms with E-state index in [1.807, 2.05) is 0 Å². The van der Waals surface area contributed by atoms with Gasteiger partial charge in [-0.25, -0.2) is 9.29 Å². The number of benzene rings is 1. The predicted molar refractivity (Wildman–Crippen MR) is 90.1 cm³/mol. The van der Waals surface area contributed by atoms with Gasteiger partial charge < -0.3 is 4.74 Å². The van der Waals surface area contributed by atoms with Gasteiger partial charge in [0.1, 0.15) is 5.82 Å². The molecule has 2 amide bonds. The van der Waals surface area contributed by atoms with Gasteiger partial charge in [0, 0.05) is 22.8 Å². The van der Waals surface area contributed by atoms with Crippen molar-refractivity contribution in [3.8, 4) is 0 Å². The molecule has 0 unspecified atom stereocenters. The van der Waals surface area contributed by atoms with Crippen LogP contribution >= 0.6 is 11.6 Å². The molecule has 0 aliphatic carbocycles. The van der Waals surface area contributed by atoms with Gasteiger partial charge >= 0.3 is 0 Å². The zero-order valence-electron chi connectivity index (χ0n) is 13.6. The Morgan fingerprint density at radius 3 is 2.50 bits per heavy atom. The van der Waals surface area contributed by atoms with E-state index in [2.05, 4.69) is 5.10 Å². The van der Waals surface area contributed by atoms with Crippen molar-refractivity contribution in [3.05, 3.63) is 46.9 Å². The summed E-state index contributed by atoms with van der Waals surface area (Å²) in [6.07, 6.45) is 2.92. The fourth-order valence-electron chi connectivity index (χ4n) is 4.34. The van der Waals surface area contributed by atoms with Crippen LogP contribution in [0.25, 0.3) is 0 Å². The number of hydrogen-bond acceptors (Lipinski definition) is 4. The molecule has 2 aromatic rings. The lowest BCUT2D eigenvalue weighted by Gasteiger charge is -2.15. The van der Waals surface area contributed by atoms with Crippen molar-refractivity contribution < 1.29 is 18.7 Å². The summed E-state index contributed by atoms with van der Waals surface area (Å²) < 4.78 is 21.2. The fraction of sp³-hybridized carbons (Fsp3) is 0.389. The second-order valence-electron chi connectivity index (χ2n) is 6.93. The standard InChI is InChI=1S/C18H15ClFN3O3/c19-10-2-1-3-11(20)9(10)8-22-7-6-14(21-22)23-17(24)15-12-4-5-13(26-12)16(15)18(23)25/h1-3,6-7,12-13,15-16H,4-5,8H2/t12-,13-,15-,16+/m0/s1. The third-order valence-electron chi connectivity index (χ3n) is 5.52. The average molecular weight is 376 g/mol. The molecule has 5 rings (SSSR count). The van der Waals surface area contributed by atoms with Gasteiger partial charge in [0.15, 0.2) is 5.82 Å². The van der Waals surface area contributed by atoms with Crippen LogP contribution in [-0.2, 0) is 20.9 Å². The van der Waals surface area contributed by atoms with Gasteiger partial charge in [0.05, 0.1) is 30.6 Å². The number of rotatable bonds is 3. The largest absolute Gasteiger partial charge is 0.373 e. The third kappa shape index (κ3) is 2.17. The monoisotopic (exact) mass is 375 g/mol. The van der Waals surface area contributed by atoms with E-state index in [1.165, 1.54) is 16.8 Å². The number of imide groups is 1. The lowest BCUT2D eigenvalue weighted by Crippen LogP contribution is -2.34. The summed E-state index contributed by atoms with van der Waals surface area (Å²) in [5, 5.41) is 4.61. The first kappa shape index (κ1) is 16.0. The average Bonchev–Trinajstić information content (AvgIpc) is 3.36. The minimum Gasteiger partial charge on any atom is -0.373 e. The van der Waals surface area contributed by atoms with E-state index in [1.54, 1.807) is 18.3 Å². The van der Waals surface area contributed by atoms with Crippen LogP contribution in [0.5, 0.6) is 0 Å². The van der Waals surface area contributed by atoms with E-state index < -0.39 is 17.7 Å². The van der Waals surface area contributed by atoms with Gasteiger partial charge in [0.25, 0.3) is 0 Å². The van der Waals surface area contributed by atoms with Crippen LogP contribution in [0, 0.1) is 17.7 Å². The second-order valence-corrected chi connectivity index (χ2v) is 7.33. The molecule has 8 heteroatoms. The highest BCUT2D eigenvalue weighted by molar-refractivity contribution is 6.31. The lowest BCUT2D eigenvalue weighted by atomic mass is 9.81. The number of anilines is 1. The third-order valence-corrected chi connectivity index (χ3v) is 5.88. The Hall–Kier alpha value is -2.25. The summed E-state index contributed by atoms with van der Waals surface area (Å²) in [5.74, 6) is -1.45. The van der Waals surface area contributed by atoms with Crippen LogP contribution < -0.4 is 4.90 Å². The Bertz CT molecular complexity index is 882. The Balaban J connectivity index is 1.42. The molecule has 3 saturated heterocycles. The van der Waals surface area contributed by atoms with Crippen LogP contribution in [0.15, 0.2) is 30.5 Å². The maximum atomic E-state index is 14.0. The first-order valence-electron chi connectivity index (χ1n) is 8.54. The van der Waals surface area contributed by atoms with E-state index >= 15 is 0 Å². The highest BCUT2D eigenvalue weighted by atomic mass is 35.5. The summed E-state index contributed by atoms with van der Waals surface area (Å²) in [7, 11) is 0. The van der Waals surface area contributed by atoms with E-state index in [4.69, 9.17) is 16.3 Å². The number of fused-ring (bicyclic) bond motifs is 5. The highest BCUT2D eigenvalue weighted by Gasteiger charge is 2.63. The van der Waals surface area contributed by atoms with Crippen molar-refractivity contribution in [2.45, 2.75) is 31.6 Å². The molecular weight excluding hydrogens is 361 g/mol. The lowest BCUT2D eigenvalue weighted by molar-refractivity contribution is -0.124. The number of amides is 2. The molecule has 0 N–H and O–H groups in total. The number of carbonyl (C=O) groups is 2. The fourth-order valence-corrected chi connectivity index (χ4v) is 4.56. The molecule has 134 valence electrons. The Labute approximate surface area is 153 Å². The summed E-state index contributed by atoms with van der Waals surface area (Å²) >= 11 is 6.05. The van der Waals surface area contributed by atoms with Crippen LogP contribution in [-0.4, -0.2) is 33.8 Å². The number of nitrogens with zero attached hydrogens (tertiary/aromatic N) is 3. The molecule has 4 heterocycles. The first-order chi connectivity index (χ1) is 12.5. The van der Waals surface area contributed by atoms with Gasteiger partial charge in [-0.3, -0.25) is 14.3 Å². The summed E-state index contributed by atoms with van der Waals surface area (Å²) in [4.78, 5) is 26.7. The van der Waals surface area contributed by atoms with E-state index in [0.717, 1.165) is 17.7 Å². The Morgan fingerprint density at radius 1 is 1.15 bits per heavy atom. The molecule has 3 aliphatic heterocycles. The molecule has 4 atom stereocenters. The Kier molecular flexibility index (Phi) is 3.45. The quantitative estimate of drug-likeness (QED) is 0.773. The number of hydrogen-bond donors (Lipinski definition) is 0. The maximum Gasteiger partial charge on any atom is 0.241 e. The van der Waals surface area contributed by atoms with Gasteiger partial charge in [-0.15, -0.1) is 0 Å². The molecule has 6 nitrogen and oxygen atoms in total. The van der Waals surface area contributed by atoms with Crippen molar-refractivity contribution in [1.29, 1.82) is 0 Å². The molecule has 1 aromatic carbocycles. The molecule has 2 bridgehead atoms. The van der Waals surface area contributed by atoms with Crippen LogP contribution in [0.1, 0.15) is 18.4 Å². The second kappa shape index (κ2) is 5.62. The van der Waals surface area contributed by atoms with Gasteiger partial charge in [-0.1, -0.05) is 17.7 Å². The van der Waals surface area contributed by atoms with E-state index in [-0.39, 0.29) is 36.4 Å². The topological polar surface area (TPSA) is 64.4 Å². The highest BCUT2D eigenvalue weighted by Crippen LogP contribution is 2.49. The van der Waals surface area contributed by atoms with Crippen LogP contribution in [0.3, 0.4) is 0 Å². The molecule has 3 fully saturated rings. The smallest absolute Gasteiger partial charge is 0.241 e. The minimum absolute atomic E-state index is 0.114. The van der Waals surface area contributed by atoms with Crippen molar-refractivity contribution >= 4 is 29.2 Å². The number of aromatic nitrogens is 2. The molecule has 0 radical (unpaired) electrons. The Morgan fingerprint density at radius 2 is 1.85 bits per heavy atom. The first-order valence-corrected chi connectivity index (χ1v) is 8.92. The van der Waals surface area contributed by atoms with Crippen LogP contribution in [0.2, 0.25) is 5.02 Å². The normalized spacial score (nSPS) is 29.7. The zero-order valence-corrected chi connectivity index (χ0v) is 14.4. The van der Waals surface area contributed by atoms with Gasteiger partial charge in [0.2, 0.25) is 11.8 Å². The van der Waals surface area contributed by atoms with E-state index in [9.17, 15) is 14.0 Å². The van der Waals surface area contributed by atoms with Gasteiger partial charge in [-0.05, 0) is 25.0 Å². The molecule has 3 aliphatic rings. The van der Waals surface area contributed by atoms with Crippen LogP contribution in [0.4, 0.5) is 10.2 Å².